The van der Waals surface area contributed by atoms with Crippen molar-refractivity contribution in [2.24, 2.45) is 0 Å². The molecule has 3 nitrogen and oxygen atoms in total. The summed E-state index contributed by atoms with van der Waals surface area (Å²) >= 11 is 0. The molecule has 0 atom stereocenters. The standard InChI is InChI=1S/C63H40N3.Ir/c1-5-19-44(20-6-1)59-40-63(47-25-11-4-12-26-47)66-43-60(59)58-32-18-17-31-57(58)52-38-50(55-29-15-13-27-53(55)48-33-35-61(64-41-48)45-21-7-2-8-22-45)37-51(39-52)56-30-16-14-28-54(56)49-34-36-62(65-42-49)46-23-9-3-10-24-46;/h1-21,23,25,27-43H;/q-3;+3. The SMILES string of the molecule is [Ir+3].[c-]1ccccc1-c1ccc(-c2ccccc2-c2cc(-c3ccccc3-c3ccc(-c4[c-]cccc4)nc3)cc(-c3ccccc3-c3cnc(-c4[c-]cccc4)cc3-c3ccccc3)c2)cn1. The van der Waals surface area contributed by atoms with Gasteiger partial charge in [0.25, 0.3) is 0 Å². The van der Waals surface area contributed by atoms with E-state index in [2.05, 4.69) is 176 Å². The molecule has 4 heteroatoms. The number of pyridine rings is 3. The van der Waals surface area contributed by atoms with Crippen molar-refractivity contribution in [1.29, 1.82) is 0 Å². The van der Waals surface area contributed by atoms with E-state index in [0.717, 1.165) is 112 Å². The molecule has 3 heterocycles. The minimum absolute atomic E-state index is 0. The molecule has 0 aliphatic heterocycles. The Bertz CT molecular complexity index is 3280. The second-order valence-electron chi connectivity index (χ2n) is 16.1. The van der Waals surface area contributed by atoms with Crippen molar-refractivity contribution in [3.63, 3.8) is 0 Å². The largest absolute Gasteiger partial charge is 3.00 e. The van der Waals surface area contributed by atoms with Crippen LogP contribution in [0.25, 0.3) is 112 Å². The molecule has 0 aliphatic carbocycles. The fourth-order valence-corrected chi connectivity index (χ4v) is 8.79. The molecule has 0 unspecified atom stereocenters. The number of hydrogen-bond acceptors (Lipinski definition) is 3. The zero-order valence-corrected chi connectivity index (χ0v) is 38.7. The van der Waals surface area contributed by atoms with Crippen molar-refractivity contribution < 1.29 is 20.1 Å². The summed E-state index contributed by atoms with van der Waals surface area (Å²) in [4.78, 5) is 14.9. The summed E-state index contributed by atoms with van der Waals surface area (Å²) in [5.74, 6) is 0. The van der Waals surface area contributed by atoms with E-state index in [1.54, 1.807) is 0 Å². The van der Waals surface area contributed by atoms with Crippen LogP contribution in [0, 0.1) is 18.2 Å². The number of aromatic nitrogens is 3. The van der Waals surface area contributed by atoms with Crippen molar-refractivity contribution >= 4 is 0 Å². The van der Waals surface area contributed by atoms with Gasteiger partial charge in [0.15, 0.2) is 0 Å². The number of rotatable bonds is 10. The molecule has 11 aromatic rings. The summed E-state index contributed by atoms with van der Waals surface area (Å²) in [6.07, 6.45) is 5.98. The molecule has 0 saturated heterocycles. The second-order valence-corrected chi connectivity index (χ2v) is 16.1. The van der Waals surface area contributed by atoms with Crippen molar-refractivity contribution in [2.75, 3.05) is 0 Å². The van der Waals surface area contributed by atoms with Gasteiger partial charge in [-0.2, -0.15) is 0 Å². The number of hydrogen-bond donors (Lipinski definition) is 0. The topological polar surface area (TPSA) is 38.7 Å². The summed E-state index contributed by atoms with van der Waals surface area (Å²) in [5.41, 5.74) is 20.7. The van der Waals surface area contributed by atoms with Gasteiger partial charge in [-0.25, -0.2) is 0 Å². The fourth-order valence-electron chi connectivity index (χ4n) is 8.79. The normalized spacial score (nSPS) is 10.9. The van der Waals surface area contributed by atoms with Crippen LogP contribution in [0.5, 0.6) is 0 Å². The van der Waals surface area contributed by atoms with Gasteiger partial charge in [-0.15, -0.1) is 108 Å². The maximum atomic E-state index is 5.07. The van der Waals surface area contributed by atoms with Crippen molar-refractivity contribution in [3.05, 3.63) is 261 Å². The Hall–Kier alpha value is -8.14. The molecular weight excluding hydrogens is 991 g/mol. The van der Waals surface area contributed by atoms with E-state index in [0.29, 0.717) is 0 Å². The summed E-state index contributed by atoms with van der Waals surface area (Å²) in [6, 6.07) is 88.2. The van der Waals surface area contributed by atoms with Crippen LogP contribution in [0.3, 0.4) is 0 Å². The quantitative estimate of drug-likeness (QED) is 0.128. The second kappa shape index (κ2) is 19.5. The van der Waals surface area contributed by atoms with Crippen LogP contribution in [0.15, 0.2) is 243 Å². The fraction of sp³-hybridized carbons (Fsp3) is 0. The minimum Gasteiger partial charge on any atom is -0.304 e. The van der Waals surface area contributed by atoms with E-state index in [-0.39, 0.29) is 20.1 Å². The monoisotopic (exact) mass is 1030 g/mol. The Balaban J connectivity index is 0.00000525. The van der Waals surface area contributed by atoms with Crippen LogP contribution in [0.1, 0.15) is 0 Å². The van der Waals surface area contributed by atoms with Crippen LogP contribution >= 0.6 is 0 Å². The zero-order valence-electron chi connectivity index (χ0n) is 36.3. The van der Waals surface area contributed by atoms with Gasteiger partial charge in [-0.05, 0) is 108 Å². The van der Waals surface area contributed by atoms with Gasteiger partial charge < -0.3 is 15.0 Å². The Labute approximate surface area is 405 Å². The molecule has 0 spiro atoms. The zero-order chi connectivity index (χ0) is 44.1. The van der Waals surface area contributed by atoms with Crippen LogP contribution in [0.4, 0.5) is 0 Å². The molecule has 0 radical (unpaired) electrons. The molecule has 0 saturated carbocycles. The molecule has 3 aromatic heterocycles. The van der Waals surface area contributed by atoms with Crippen molar-refractivity contribution in [2.45, 2.75) is 0 Å². The van der Waals surface area contributed by atoms with Gasteiger partial charge in [-0.1, -0.05) is 133 Å². The minimum atomic E-state index is 0. The first-order valence-electron chi connectivity index (χ1n) is 22.1. The van der Waals surface area contributed by atoms with E-state index in [1.165, 1.54) is 0 Å². The van der Waals surface area contributed by atoms with Gasteiger partial charge in [0, 0.05) is 24.2 Å². The Kier molecular flexibility index (Phi) is 12.5. The van der Waals surface area contributed by atoms with Gasteiger partial charge in [0.1, 0.15) is 0 Å². The smallest absolute Gasteiger partial charge is 0.304 e. The van der Waals surface area contributed by atoms with Crippen LogP contribution in [0.2, 0.25) is 0 Å². The predicted molar refractivity (Wildman–Crippen MR) is 271 cm³/mol. The molecule has 0 bridgehead atoms. The first kappa shape index (κ1) is 42.8. The molecule has 0 fully saturated rings. The summed E-state index contributed by atoms with van der Waals surface area (Å²) in [5, 5.41) is 0. The van der Waals surface area contributed by atoms with Gasteiger partial charge in [0.05, 0.1) is 0 Å². The van der Waals surface area contributed by atoms with Gasteiger partial charge in [-0.3, -0.25) is 0 Å². The predicted octanol–water partition coefficient (Wildman–Crippen LogP) is 15.9. The first-order valence-corrected chi connectivity index (χ1v) is 22.1. The molecule has 0 aliphatic rings. The number of nitrogens with zero attached hydrogens (tertiary/aromatic N) is 3. The van der Waals surface area contributed by atoms with Crippen molar-refractivity contribution in [3.8, 4) is 112 Å². The average Bonchev–Trinajstić information content (AvgIpc) is 3.41. The molecule has 67 heavy (non-hydrogen) atoms. The van der Waals surface area contributed by atoms with Crippen molar-refractivity contribution in [1.82, 2.24) is 15.0 Å². The van der Waals surface area contributed by atoms with Crippen LogP contribution in [-0.4, -0.2) is 15.0 Å². The van der Waals surface area contributed by atoms with E-state index in [1.807, 2.05) is 85.3 Å². The van der Waals surface area contributed by atoms with E-state index in [4.69, 9.17) is 15.0 Å². The van der Waals surface area contributed by atoms with E-state index >= 15 is 0 Å². The average molecular weight is 1030 g/mol. The maximum absolute atomic E-state index is 5.07. The van der Waals surface area contributed by atoms with Crippen LogP contribution in [-0.2, 0) is 20.1 Å². The number of benzene rings is 8. The molecule has 8 aromatic carbocycles. The first-order chi connectivity index (χ1) is 32.7. The van der Waals surface area contributed by atoms with E-state index < -0.39 is 0 Å². The third kappa shape index (κ3) is 8.97. The van der Waals surface area contributed by atoms with Crippen LogP contribution < -0.4 is 0 Å². The summed E-state index contributed by atoms with van der Waals surface area (Å²) in [6.45, 7) is 0. The van der Waals surface area contributed by atoms with Gasteiger partial charge >= 0.3 is 20.1 Å². The maximum Gasteiger partial charge on any atom is 3.00 e. The Morgan fingerprint density at radius 1 is 0.239 bits per heavy atom. The molecule has 0 amide bonds. The Morgan fingerprint density at radius 3 is 1.03 bits per heavy atom. The molecule has 316 valence electrons. The summed E-state index contributed by atoms with van der Waals surface area (Å²) in [7, 11) is 0. The molecule has 11 rings (SSSR count). The van der Waals surface area contributed by atoms with Gasteiger partial charge in [0.2, 0.25) is 0 Å². The third-order valence-corrected chi connectivity index (χ3v) is 12.0. The van der Waals surface area contributed by atoms with E-state index in [9.17, 15) is 0 Å². The Morgan fingerprint density at radius 2 is 0.612 bits per heavy atom. The third-order valence-electron chi connectivity index (χ3n) is 12.0. The summed E-state index contributed by atoms with van der Waals surface area (Å²) < 4.78 is 0. The molecular formula is C63H40IrN3. The molecule has 0 N–H and O–H groups in total.